The van der Waals surface area contributed by atoms with Crippen molar-refractivity contribution in [3.8, 4) is 0 Å². The van der Waals surface area contributed by atoms with Crippen LogP contribution in [0, 0.1) is 5.92 Å². The minimum absolute atomic E-state index is 0.165. The second-order valence-electron chi connectivity index (χ2n) is 9.66. The molecular weight excluding hydrogens is 460 g/mol. The Balaban J connectivity index is 1.15. The van der Waals surface area contributed by atoms with E-state index in [-0.39, 0.29) is 24.0 Å². The molecule has 2 saturated heterocycles. The first kappa shape index (κ1) is 23.8. The van der Waals surface area contributed by atoms with Crippen LogP contribution < -0.4 is 15.9 Å². The zero-order valence-corrected chi connectivity index (χ0v) is 20.3. The van der Waals surface area contributed by atoms with E-state index in [1.54, 1.807) is 11.6 Å². The third kappa shape index (κ3) is 4.78. The molecule has 2 aromatic carbocycles. The zero-order chi connectivity index (χ0) is 25.2. The number of imidazole rings is 1. The van der Waals surface area contributed by atoms with Crippen LogP contribution in [-0.4, -0.2) is 40.0 Å². The molecule has 2 aliphatic rings. The second-order valence-corrected chi connectivity index (χ2v) is 9.66. The number of carbonyl (C=O) groups excluding carboxylic acids is 3. The number of hydrogen-bond donors (Lipinski definition) is 1. The number of benzene rings is 2. The molecule has 3 heterocycles. The van der Waals surface area contributed by atoms with Gasteiger partial charge in [-0.3, -0.25) is 28.8 Å². The van der Waals surface area contributed by atoms with Crippen LogP contribution in [0.15, 0.2) is 53.3 Å². The molecule has 0 saturated carbocycles. The van der Waals surface area contributed by atoms with Crippen LogP contribution in [-0.2, 0) is 32.8 Å². The number of anilines is 1. The average Bonchev–Trinajstić information content (AvgIpc) is 3.09. The number of amides is 2. The molecule has 9 heteroatoms. The highest BCUT2D eigenvalue weighted by Gasteiger charge is 2.32. The van der Waals surface area contributed by atoms with E-state index in [9.17, 15) is 19.2 Å². The Bertz CT molecular complexity index is 1350. The minimum atomic E-state index is -0.683. The Hall–Kier alpha value is -3.88. The van der Waals surface area contributed by atoms with Crippen LogP contribution in [0.4, 0.5) is 5.69 Å². The van der Waals surface area contributed by atoms with Gasteiger partial charge in [-0.1, -0.05) is 30.3 Å². The smallest absolute Gasteiger partial charge is 0.329 e. The monoisotopic (exact) mass is 490 g/mol. The normalized spacial score (nSPS) is 18.2. The predicted molar refractivity (Wildman–Crippen MR) is 134 cm³/mol. The summed E-state index contributed by atoms with van der Waals surface area (Å²) in [6, 6.07) is 14.8. The van der Waals surface area contributed by atoms with E-state index in [0.717, 1.165) is 42.7 Å². The number of carbonyl (C=O) groups is 3. The van der Waals surface area contributed by atoms with Crippen LogP contribution in [0.3, 0.4) is 0 Å². The van der Waals surface area contributed by atoms with Gasteiger partial charge in [-0.15, -0.1) is 0 Å². The number of piperidine rings is 1. The van der Waals surface area contributed by atoms with Crippen LogP contribution >= 0.6 is 0 Å². The molecule has 0 bridgehead atoms. The number of ether oxygens (including phenoxy) is 1. The van der Waals surface area contributed by atoms with Crippen molar-refractivity contribution in [2.45, 2.75) is 44.8 Å². The lowest BCUT2D eigenvalue weighted by molar-refractivity contribution is -0.145. The van der Waals surface area contributed by atoms with Crippen molar-refractivity contribution in [3.05, 3.63) is 64.6 Å². The lowest BCUT2D eigenvalue weighted by Gasteiger charge is -2.41. The Morgan fingerprint density at radius 2 is 1.83 bits per heavy atom. The number of fused-ring (bicyclic) bond motifs is 1. The van der Waals surface area contributed by atoms with Gasteiger partial charge in [-0.2, -0.15) is 0 Å². The highest BCUT2D eigenvalue weighted by molar-refractivity contribution is 6.00. The van der Waals surface area contributed by atoms with Crippen LogP contribution in [0.2, 0.25) is 0 Å². The average molecular weight is 491 g/mol. The van der Waals surface area contributed by atoms with E-state index < -0.39 is 11.9 Å². The maximum atomic E-state index is 12.9. The Morgan fingerprint density at radius 1 is 1.06 bits per heavy atom. The van der Waals surface area contributed by atoms with Crippen molar-refractivity contribution in [2.75, 3.05) is 18.0 Å². The second kappa shape index (κ2) is 10.0. The van der Waals surface area contributed by atoms with Gasteiger partial charge < -0.3 is 9.64 Å². The van der Waals surface area contributed by atoms with Gasteiger partial charge in [0.1, 0.15) is 12.6 Å². The predicted octanol–water partition coefficient (Wildman–Crippen LogP) is 2.67. The first-order valence-corrected chi connectivity index (χ1v) is 12.4. The van der Waals surface area contributed by atoms with Crippen molar-refractivity contribution in [1.82, 2.24) is 14.5 Å². The maximum absolute atomic E-state index is 12.9. The largest absolute Gasteiger partial charge is 0.461 e. The molecule has 3 aromatic rings. The van der Waals surface area contributed by atoms with E-state index in [0.29, 0.717) is 30.9 Å². The van der Waals surface area contributed by atoms with E-state index in [4.69, 9.17) is 4.74 Å². The lowest BCUT2D eigenvalue weighted by Crippen LogP contribution is -2.46. The van der Waals surface area contributed by atoms with Gasteiger partial charge >= 0.3 is 11.7 Å². The molecule has 0 unspecified atom stereocenters. The Labute approximate surface area is 208 Å². The summed E-state index contributed by atoms with van der Waals surface area (Å²) in [6.07, 6.45) is 2.72. The number of hydrogen-bond acceptors (Lipinski definition) is 6. The Kier molecular flexibility index (Phi) is 6.63. The molecule has 188 valence electrons. The number of aromatic nitrogens is 2. The summed E-state index contributed by atoms with van der Waals surface area (Å²) < 4.78 is 8.40. The van der Waals surface area contributed by atoms with Gasteiger partial charge in [0.25, 0.3) is 0 Å². The summed E-state index contributed by atoms with van der Waals surface area (Å²) in [5.74, 6) is -0.385. The molecule has 2 fully saturated rings. The Morgan fingerprint density at radius 3 is 2.58 bits per heavy atom. The third-order valence-corrected chi connectivity index (χ3v) is 7.15. The highest BCUT2D eigenvalue weighted by Crippen LogP contribution is 2.31. The van der Waals surface area contributed by atoms with Crippen molar-refractivity contribution >= 4 is 34.5 Å². The lowest BCUT2D eigenvalue weighted by atomic mass is 9.93. The molecule has 0 aliphatic carbocycles. The number of nitrogens with one attached hydrogen (secondary N) is 1. The fourth-order valence-corrected chi connectivity index (χ4v) is 5.09. The van der Waals surface area contributed by atoms with Crippen molar-refractivity contribution in [2.24, 2.45) is 13.0 Å². The molecule has 1 N–H and O–H groups in total. The number of imide groups is 1. The fourth-order valence-electron chi connectivity index (χ4n) is 5.09. The van der Waals surface area contributed by atoms with Crippen molar-refractivity contribution < 1.29 is 19.1 Å². The summed E-state index contributed by atoms with van der Waals surface area (Å²) >= 11 is 0. The number of aryl methyl sites for hydroxylation is 1. The molecule has 1 aromatic heterocycles. The number of esters is 1. The third-order valence-electron chi connectivity index (χ3n) is 7.15. The molecule has 5 rings (SSSR count). The first-order chi connectivity index (χ1) is 17.4. The van der Waals surface area contributed by atoms with Crippen molar-refractivity contribution in [1.29, 1.82) is 0 Å². The summed E-state index contributed by atoms with van der Waals surface area (Å²) in [5.41, 5.74) is 3.19. The summed E-state index contributed by atoms with van der Waals surface area (Å²) in [7, 11) is 1.70. The molecule has 2 aliphatic heterocycles. The number of nitrogens with zero attached hydrogens (tertiary/aromatic N) is 3. The summed E-state index contributed by atoms with van der Waals surface area (Å²) in [4.78, 5) is 51.1. The molecule has 1 atom stereocenters. The van der Waals surface area contributed by atoms with Gasteiger partial charge in [-0.25, -0.2) is 4.79 Å². The van der Waals surface area contributed by atoms with Gasteiger partial charge in [0.05, 0.1) is 11.0 Å². The van der Waals surface area contributed by atoms with Crippen LogP contribution in [0.1, 0.15) is 43.7 Å². The molecule has 36 heavy (non-hydrogen) atoms. The van der Waals surface area contributed by atoms with Crippen LogP contribution in [0.5, 0.6) is 0 Å². The molecule has 0 radical (unpaired) electrons. The highest BCUT2D eigenvalue weighted by atomic mass is 16.5. The molecular formula is C27H30N4O5. The van der Waals surface area contributed by atoms with E-state index >= 15 is 0 Å². The SMILES string of the molecule is Cn1c(=O)n([C@H]2CCC(=O)NC2=O)c2ccc(N3CC(CCCC(=O)OCc4ccccc4)C3)cc21. The zero-order valence-electron chi connectivity index (χ0n) is 20.3. The summed E-state index contributed by atoms with van der Waals surface area (Å²) in [5, 5.41) is 2.34. The van der Waals surface area contributed by atoms with Crippen molar-refractivity contribution in [3.63, 3.8) is 0 Å². The van der Waals surface area contributed by atoms with Gasteiger partial charge in [0.2, 0.25) is 11.8 Å². The van der Waals surface area contributed by atoms with E-state index in [1.807, 2.05) is 48.5 Å². The first-order valence-electron chi connectivity index (χ1n) is 12.4. The molecule has 0 spiro atoms. The van der Waals surface area contributed by atoms with E-state index in [2.05, 4.69) is 10.2 Å². The topological polar surface area (TPSA) is 103 Å². The van der Waals surface area contributed by atoms with E-state index in [1.165, 1.54) is 4.57 Å². The van der Waals surface area contributed by atoms with Gasteiger partial charge in [0.15, 0.2) is 0 Å². The van der Waals surface area contributed by atoms with Crippen LogP contribution in [0.25, 0.3) is 11.0 Å². The molecule has 2 amide bonds. The quantitative estimate of drug-likeness (QED) is 0.385. The van der Waals surface area contributed by atoms with Gasteiger partial charge in [-0.05, 0) is 48.9 Å². The minimum Gasteiger partial charge on any atom is -0.461 e. The maximum Gasteiger partial charge on any atom is 0.329 e. The van der Waals surface area contributed by atoms with Gasteiger partial charge in [0, 0.05) is 38.7 Å². The molecule has 9 nitrogen and oxygen atoms in total. The summed E-state index contributed by atoms with van der Waals surface area (Å²) in [6.45, 7) is 2.10. The number of rotatable bonds is 8. The standard InChI is InChI=1S/C27H30N4O5/c1-29-23-14-20(10-11-21(23)31(27(29)35)22-12-13-24(32)28-26(22)34)30-15-19(16-30)8-5-9-25(33)36-17-18-6-3-2-4-7-18/h2-4,6-7,10-11,14,19,22H,5,8-9,12-13,15-17H2,1H3,(H,28,32,34)/t22-/m0/s1. The fraction of sp³-hybridized carbons (Fsp3) is 0.407.